The molecule has 0 saturated heterocycles. The smallest absolute Gasteiger partial charge is 0.166 e. The Morgan fingerprint density at radius 1 is 1.25 bits per heavy atom. The number of aliphatic hydroxyl groups is 1. The summed E-state index contributed by atoms with van der Waals surface area (Å²) >= 11 is 0. The lowest BCUT2D eigenvalue weighted by molar-refractivity contribution is 0.294. The summed E-state index contributed by atoms with van der Waals surface area (Å²) in [6.45, 7) is 0.142. The van der Waals surface area contributed by atoms with Gasteiger partial charge >= 0.3 is 0 Å². The van der Waals surface area contributed by atoms with Crippen molar-refractivity contribution >= 4 is 0 Å². The van der Waals surface area contributed by atoms with Crippen molar-refractivity contribution in [1.82, 2.24) is 9.97 Å². The van der Waals surface area contributed by atoms with E-state index in [1.807, 2.05) is 0 Å². The topological polar surface area (TPSA) is 55.2 Å². The molecule has 0 aliphatic carbocycles. The van der Waals surface area contributed by atoms with Crippen LogP contribution < -0.4 is 4.74 Å². The second-order valence-corrected chi connectivity index (χ2v) is 3.87. The minimum Gasteiger partial charge on any atom is -0.486 e. The summed E-state index contributed by atoms with van der Waals surface area (Å²) in [5.74, 6) is 5.78. The van der Waals surface area contributed by atoms with E-state index >= 15 is 0 Å². The van der Waals surface area contributed by atoms with Crippen LogP contribution in [-0.4, -0.2) is 21.7 Å². The van der Waals surface area contributed by atoms with Crippen LogP contribution in [0.25, 0.3) is 0 Å². The third-order valence-electron chi connectivity index (χ3n) is 2.39. The summed E-state index contributed by atoms with van der Waals surface area (Å²) in [5, 5.41) is 8.61. The zero-order valence-electron chi connectivity index (χ0n) is 10.7. The van der Waals surface area contributed by atoms with Gasteiger partial charge in [0.25, 0.3) is 0 Å². The first-order valence-electron chi connectivity index (χ1n) is 6.07. The molecule has 0 spiro atoms. The van der Waals surface area contributed by atoms with Crippen LogP contribution >= 0.6 is 0 Å². The number of halogens is 1. The first-order chi connectivity index (χ1) is 9.79. The van der Waals surface area contributed by atoms with Crippen LogP contribution in [0.5, 0.6) is 5.75 Å². The fourth-order valence-corrected chi connectivity index (χ4v) is 1.45. The molecule has 102 valence electrons. The molecule has 0 radical (unpaired) electrons. The Labute approximate surface area is 116 Å². The molecule has 1 aromatic heterocycles. The normalized spacial score (nSPS) is 9.70. The van der Waals surface area contributed by atoms with E-state index in [0.29, 0.717) is 18.0 Å². The lowest BCUT2D eigenvalue weighted by atomic mass is 10.2. The van der Waals surface area contributed by atoms with E-state index < -0.39 is 5.82 Å². The third kappa shape index (κ3) is 4.04. The van der Waals surface area contributed by atoms with Crippen LogP contribution in [0, 0.1) is 17.7 Å². The zero-order chi connectivity index (χ0) is 14.2. The largest absolute Gasteiger partial charge is 0.486 e. The molecule has 0 atom stereocenters. The Balaban J connectivity index is 2.01. The van der Waals surface area contributed by atoms with Crippen LogP contribution in [0.3, 0.4) is 0 Å². The molecule has 1 aromatic carbocycles. The summed E-state index contributed by atoms with van der Waals surface area (Å²) in [6.07, 6.45) is 3.56. The van der Waals surface area contributed by atoms with E-state index in [0.717, 1.165) is 0 Å². The fourth-order valence-electron chi connectivity index (χ4n) is 1.45. The van der Waals surface area contributed by atoms with Gasteiger partial charge in [-0.1, -0.05) is 11.8 Å². The number of benzene rings is 1. The number of ether oxygens (including phenoxy) is 1. The van der Waals surface area contributed by atoms with Crippen molar-refractivity contribution in [1.29, 1.82) is 0 Å². The molecule has 0 aliphatic rings. The van der Waals surface area contributed by atoms with Crippen molar-refractivity contribution in [2.45, 2.75) is 13.0 Å². The van der Waals surface area contributed by atoms with Crippen LogP contribution in [-0.2, 0) is 6.61 Å². The van der Waals surface area contributed by atoms with Gasteiger partial charge in [0, 0.05) is 24.9 Å². The molecule has 20 heavy (non-hydrogen) atoms. The van der Waals surface area contributed by atoms with Crippen molar-refractivity contribution < 1.29 is 14.2 Å². The van der Waals surface area contributed by atoms with E-state index in [1.54, 1.807) is 30.6 Å². The standard InChI is InChI=1S/C15H13FN2O2/c16-14-10-13(6-5-12(14)4-1-2-9-19)20-11-15-17-7-3-8-18-15/h3,5-8,10,19H,2,9,11H2. The quantitative estimate of drug-likeness (QED) is 0.864. The zero-order valence-corrected chi connectivity index (χ0v) is 10.7. The Bertz CT molecular complexity index is 621. The van der Waals surface area contributed by atoms with Gasteiger partial charge in [-0.2, -0.15) is 0 Å². The first kappa shape index (κ1) is 14.0. The van der Waals surface area contributed by atoms with Gasteiger partial charge in [-0.25, -0.2) is 14.4 Å². The average molecular weight is 272 g/mol. The maximum atomic E-state index is 13.7. The predicted molar refractivity (Wildman–Crippen MR) is 71.3 cm³/mol. The maximum Gasteiger partial charge on any atom is 0.166 e. The lowest BCUT2D eigenvalue weighted by Gasteiger charge is -2.05. The van der Waals surface area contributed by atoms with E-state index in [9.17, 15) is 4.39 Å². The Kier molecular flexibility index (Phi) is 5.04. The summed E-state index contributed by atoms with van der Waals surface area (Å²) in [7, 11) is 0. The molecule has 0 amide bonds. The summed E-state index contributed by atoms with van der Waals surface area (Å²) in [5.41, 5.74) is 0.279. The Morgan fingerprint density at radius 2 is 2.05 bits per heavy atom. The Hall–Kier alpha value is -2.45. The second-order valence-electron chi connectivity index (χ2n) is 3.87. The molecule has 2 aromatic rings. The summed E-state index contributed by atoms with van der Waals surface area (Å²) < 4.78 is 19.1. The van der Waals surface area contributed by atoms with Crippen LogP contribution in [0.15, 0.2) is 36.7 Å². The molecular weight excluding hydrogens is 259 g/mol. The van der Waals surface area contributed by atoms with Crippen LogP contribution in [0.1, 0.15) is 17.8 Å². The van der Waals surface area contributed by atoms with Gasteiger partial charge in [-0.15, -0.1) is 0 Å². The van der Waals surface area contributed by atoms with Crippen molar-refractivity contribution in [3.63, 3.8) is 0 Å². The molecule has 0 unspecified atom stereocenters. The molecule has 0 saturated carbocycles. The third-order valence-corrected chi connectivity index (χ3v) is 2.39. The number of aliphatic hydroxyl groups excluding tert-OH is 1. The molecule has 4 nitrogen and oxygen atoms in total. The molecule has 1 N–H and O–H groups in total. The maximum absolute atomic E-state index is 13.7. The van der Waals surface area contributed by atoms with Crippen LogP contribution in [0.2, 0.25) is 0 Å². The van der Waals surface area contributed by atoms with Crippen molar-refractivity contribution in [2.75, 3.05) is 6.61 Å². The van der Waals surface area contributed by atoms with Crippen molar-refractivity contribution in [3.8, 4) is 17.6 Å². The molecule has 1 heterocycles. The van der Waals surface area contributed by atoms with Gasteiger partial charge in [0.1, 0.15) is 18.2 Å². The van der Waals surface area contributed by atoms with E-state index in [4.69, 9.17) is 9.84 Å². The van der Waals surface area contributed by atoms with Gasteiger partial charge in [-0.3, -0.25) is 0 Å². The van der Waals surface area contributed by atoms with Gasteiger partial charge < -0.3 is 9.84 Å². The van der Waals surface area contributed by atoms with E-state index in [-0.39, 0.29) is 18.8 Å². The lowest BCUT2D eigenvalue weighted by Crippen LogP contribution is -2.00. The van der Waals surface area contributed by atoms with Crippen molar-refractivity contribution in [2.24, 2.45) is 0 Å². The summed E-state index contributed by atoms with van der Waals surface area (Å²) in [4.78, 5) is 8.02. The second kappa shape index (κ2) is 7.22. The number of hydrogen-bond acceptors (Lipinski definition) is 4. The van der Waals surface area contributed by atoms with E-state index in [2.05, 4.69) is 21.8 Å². The molecule has 0 bridgehead atoms. The summed E-state index contributed by atoms with van der Waals surface area (Å²) in [6, 6.07) is 6.16. The highest BCUT2D eigenvalue weighted by Crippen LogP contribution is 2.16. The van der Waals surface area contributed by atoms with Gasteiger partial charge in [0.05, 0.1) is 12.2 Å². The first-order valence-corrected chi connectivity index (χ1v) is 6.07. The Morgan fingerprint density at radius 3 is 2.75 bits per heavy atom. The average Bonchev–Trinajstić information content (AvgIpc) is 2.48. The molecule has 0 fully saturated rings. The number of nitrogens with zero attached hydrogens (tertiary/aromatic N) is 2. The monoisotopic (exact) mass is 272 g/mol. The number of rotatable bonds is 4. The molecule has 5 heteroatoms. The van der Waals surface area contributed by atoms with Gasteiger partial charge in [-0.05, 0) is 18.2 Å². The molecular formula is C15H13FN2O2. The number of aromatic nitrogens is 2. The highest BCUT2D eigenvalue weighted by Gasteiger charge is 2.03. The fraction of sp³-hybridized carbons (Fsp3) is 0.200. The van der Waals surface area contributed by atoms with Crippen molar-refractivity contribution in [3.05, 3.63) is 53.9 Å². The highest BCUT2D eigenvalue weighted by molar-refractivity contribution is 5.39. The SMILES string of the molecule is OCCC#Cc1ccc(OCc2ncccn2)cc1F. The highest BCUT2D eigenvalue weighted by atomic mass is 19.1. The molecule has 2 rings (SSSR count). The van der Waals surface area contributed by atoms with Crippen LogP contribution in [0.4, 0.5) is 4.39 Å². The van der Waals surface area contributed by atoms with Gasteiger partial charge in [0.2, 0.25) is 0 Å². The minimum atomic E-state index is -0.457. The predicted octanol–water partition coefficient (Wildman–Crippen LogP) is 1.93. The minimum absolute atomic E-state index is 0.0348. The number of hydrogen-bond donors (Lipinski definition) is 1. The van der Waals surface area contributed by atoms with E-state index in [1.165, 1.54) is 6.07 Å². The molecule has 0 aliphatic heterocycles. The van der Waals surface area contributed by atoms with Gasteiger partial charge in [0.15, 0.2) is 5.82 Å².